The fraction of sp³-hybridized carbons (Fsp3) is 0.500. The van der Waals surface area contributed by atoms with Crippen molar-refractivity contribution in [3.05, 3.63) is 29.8 Å². The standard InChI is InChI=1S/C16H20N2O2S/c1-11-4-2-3-5-14(11)21-10-16(20)18-12-6-7-13(18)9-17-15(19)8-12/h2-5,12-13H,6-10H2,1H3,(H,17,19)/t12-,13+/m0/s1. The van der Waals surface area contributed by atoms with Gasteiger partial charge in [-0.3, -0.25) is 9.59 Å². The third-order valence-corrected chi connectivity index (χ3v) is 5.47. The van der Waals surface area contributed by atoms with Gasteiger partial charge in [-0.05, 0) is 31.4 Å². The zero-order chi connectivity index (χ0) is 14.8. The maximum absolute atomic E-state index is 12.6. The second kappa shape index (κ2) is 6.10. The van der Waals surface area contributed by atoms with Gasteiger partial charge in [0.2, 0.25) is 11.8 Å². The summed E-state index contributed by atoms with van der Waals surface area (Å²) in [7, 11) is 0. The minimum atomic E-state index is 0.0755. The number of carbonyl (C=O) groups excluding carboxylic acids is 2. The Morgan fingerprint density at radius 1 is 1.33 bits per heavy atom. The maximum Gasteiger partial charge on any atom is 0.233 e. The Labute approximate surface area is 129 Å². The van der Waals surface area contributed by atoms with Gasteiger partial charge in [0.15, 0.2) is 0 Å². The lowest BCUT2D eigenvalue weighted by atomic mass is 10.1. The molecule has 2 fully saturated rings. The molecule has 5 heteroatoms. The highest BCUT2D eigenvalue weighted by atomic mass is 32.2. The summed E-state index contributed by atoms with van der Waals surface area (Å²) in [6.07, 6.45) is 2.42. The van der Waals surface area contributed by atoms with Gasteiger partial charge in [-0.15, -0.1) is 11.8 Å². The van der Waals surface area contributed by atoms with Crippen molar-refractivity contribution >= 4 is 23.6 Å². The van der Waals surface area contributed by atoms with Crippen molar-refractivity contribution in [1.29, 1.82) is 0 Å². The number of amides is 2. The average molecular weight is 304 g/mol. The number of hydrogen-bond acceptors (Lipinski definition) is 3. The number of thioether (sulfide) groups is 1. The summed E-state index contributed by atoms with van der Waals surface area (Å²) in [5.41, 5.74) is 1.20. The van der Waals surface area contributed by atoms with E-state index in [1.54, 1.807) is 11.8 Å². The van der Waals surface area contributed by atoms with E-state index in [0.29, 0.717) is 18.7 Å². The van der Waals surface area contributed by atoms with Crippen molar-refractivity contribution in [3.8, 4) is 0 Å². The highest BCUT2D eigenvalue weighted by molar-refractivity contribution is 8.00. The number of aryl methyl sites for hydroxylation is 1. The molecule has 1 aromatic carbocycles. The van der Waals surface area contributed by atoms with Crippen LogP contribution in [0, 0.1) is 6.92 Å². The van der Waals surface area contributed by atoms with Crippen molar-refractivity contribution in [2.45, 2.75) is 43.2 Å². The van der Waals surface area contributed by atoms with Crippen LogP contribution < -0.4 is 5.32 Å². The van der Waals surface area contributed by atoms with Crippen molar-refractivity contribution in [2.75, 3.05) is 12.3 Å². The van der Waals surface area contributed by atoms with E-state index < -0.39 is 0 Å². The van der Waals surface area contributed by atoms with Crippen LogP contribution in [0.4, 0.5) is 0 Å². The lowest BCUT2D eigenvalue weighted by molar-refractivity contribution is -0.131. The number of benzene rings is 1. The molecule has 2 bridgehead atoms. The Morgan fingerprint density at radius 2 is 2.10 bits per heavy atom. The molecule has 2 aliphatic heterocycles. The number of nitrogens with zero attached hydrogens (tertiary/aromatic N) is 1. The van der Waals surface area contributed by atoms with Crippen LogP contribution in [0.15, 0.2) is 29.2 Å². The Kier molecular flexibility index (Phi) is 4.19. The number of carbonyl (C=O) groups is 2. The maximum atomic E-state index is 12.6. The van der Waals surface area contributed by atoms with Crippen LogP contribution in [0.3, 0.4) is 0 Å². The molecular weight excluding hydrogens is 284 g/mol. The molecule has 2 aliphatic rings. The number of nitrogens with one attached hydrogen (secondary N) is 1. The molecule has 1 aromatic rings. The zero-order valence-corrected chi connectivity index (χ0v) is 13.0. The first kappa shape index (κ1) is 14.4. The molecule has 0 spiro atoms. The van der Waals surface area contributed by atoms with E-state index in [4.69, 9.17) is 0 Å². The lowest BCUT2D eigenvalue weighted by Crippen LogP contribution is -2.43. The fourth-order valence-corrected chi connectivity index (χ4v) is 4.12. The van der Waals surface area contributed by atoms with Gasteiger partial charge in [0, 0.05) is 29.9 Å². The molecule has 0 radical (unpaired) electrons. The number of fused-ring (bicyclic) bond motifs is 2. The summed E-state index contributed by atoms with van der Waals surface area (Å²) >= 11 is 1.59. The molecule has 21 heavy (non-hydrogen) atoms. The number of rotatable bonds is 3. The molecule has 2 heterocycles. The van der Waals surface area contributed by atoms with Crippen molar-refractivity contribution in [3.63, 3.8) is 0 Å². The molecule has 0 saturated carbocycles. The van der Waals surface area contributed by atoms with Crippen LogP contribution in [0.5, 0.6) is 0 Å². The van der Waals surface area contributed by atoms with Crippen LogP contribution in [0.2, 0.25) is 0 Å². The highest BCUT2D eigenvalue weighted by Gasteiger charge is 2.39. The van der Waals surface area contributed by atoms with Gasteiger partial charge in [-0.1, -0.05) is 18.2 Å². The van der Waals surface area contributed by atoms with E-state index in [0.717, 1.165) is 17.7 Å². The summed E-state index contributed by atoms with van der Waals surface area (Å²) in [6, 6.07) is 8.40. The minimum absolute atomic E-state index is 0.0755. The predicted molar refractivity (Wildman–Crippen MR) is 83.2 cm³/mol. The van der Waals surface area contributed by atoms with E-state index in [-0.39, 0.29) is 23.9 Å². The van der Waals surface area contributed by atoms with Gasteiger partial charge >= 0.3 is 0 Å². The smallest absolute Gasteiger partial charge is 0.233 e. The van der Waals surface area contributed by atoms with Crippen LogP contribution >= 0.6 is 11.8 Å². The van der Waals surface area contributed by atoms with Crippen molar-refractivity contribution in [2.24, 2.45) is 0 Å². The summed E-state index contributed by atoms with van der Waals surface area (Å²) in [5.74, 6) is 0.685. The minimum Gasteiger partial charge on any atom is -0.354 e. The van der Waals surface area contributed by atoms with Gasteiger partial charge in [0.25, 0.3) is 0 Å². The summed E-state index contributed by atoms with van der Waals surface area (Å²) in [4.78, 5) is 27.3. The first-order chi connectivity index (χ1) is 10.1. The molecule has 2 atom stereocenters. The molecule has 2 amide bonds. The van der Waals surface area contributed by atoms with E-state index in [1.807, 2.05) is 17.0 Å². The third-order valence-electron chi connectivity index (χ3n) is 4.31. The second-order valence-corrected chi connectivity index (χ2v) is 6.77. The molecular formula is C16H20N2O2S. The third kappa shape index (κ3) is 3.07. The van der Waals surface area contributed by atoms with Gasteiger partial charge in [0.1, 0.15) is 0 Å². The van der Waals surface area contributed by atoms with Gasteiger partial charge < -0.3 is 10.2 Å². The molecule has 3 rings (SSSR count). The quantitative estimate of drug-likeness (QED) is 0.869. The largest absolute Gasteiger partial charge is 0.354 e. The van der Waals surface area contributed by atoms with Gasteiger partial charge in [0.05, 0.1) is 5.75 Å². The van der Waals surface area contributed by atoms with Crippen LogP contribution in [-0.4, -0.2) is 41.1 Å². The lowest BCUT2D eigenvalue weighted by Gasteiger charge is -2.27. The molecule has 4 nitrogen and oxygen atoms in total. The highest BCUT2D eigenvalue weighted by Crippen LogP contribution is 2.30. The first-order valence-electron chi connectivity index (χ1n) is 7.41. The summed E-state index contributed by atoms with van der Waals surface area (Å²) in [6.45, 7) is 2.67. The Hall–Kier alpha value is -1.49. The first-order valence-corrected chi connectivity index (χ1v) is 8.40. The van der Waals surface area contributed by atoms with Gasteiger partial charge in [-0.25, -0.2) is 0 Å². The van der Waals surface area contributed by atoms with E-state index >= 15 is 0 Å². The Balaban J connectivity index is 1.65. The SMILES string of the molecule is Cc1ccccc1SCC(=O)N1[C@@H]2CC[C@H]1CC(=O)NC2. The zero-order valence-electron chi connectivity index (χ0n) is 12.2. The van der Waals surface area contributed by atoms with E-state index in [1.165, 1.54) is 5.56 Å². The molecule has 0 aliphatic carbocycles. The second-order valence-electron chi connectivity index (χ2n) is 5.75. The average Bonchev–Trinajstić information content (AvgIpc) is 2.77. The Morgan fingerprint density at radius 3 is 2.90 bits per heavy atom. The van der Waals surface area contributed by atoms with E-state index in [2.05, 4.69) is 24.4 Å². The predicted octanol–water partition coefficient (Wildman–Crippen LogP) is 1.97. The number of hydrogen-bond donors (Lipinski definition) is 1. The monoisotopic (exact) mass is 304 g/mol. The van der Waals surface area contributed by atoms with E-state index in [9.17, 15) is 9.59 Å². The molecule has 112 valence electrons. The topological polar surface area (TPSA) is 49.4 Å². The normalized spacial score (nSPS) is 24.6. The van der Waals surface area contributed by atoms with Crippen molar-refractivity contribution < 1.29 is 9.59 Å². The fourth-order valence-electron chi connectivity index (χ4n) is 3.22. The van der Waals surface area contributed by atoms with Crippen LogP contribution in [0.25, 0.3) is 0 Å². The summed E-state index contributed by atoms with van der Waals surface area (Å²) in [5, 5.41) is 2.90. The summed E-state index contributed by atoms with van der Waals surface area (Å²) < 4.78 is 0. The molecule has 1 N–H and O–H groups in total. The molecule has 0 unspecified atom stereocenters. The Bertz CT molecular complexity index is 561. The molecule has 2 saturated heterocycles. The van der Waals surface area contributed by atoms with Gasteiger partial charge in [-0.2, -0.15) is 0 Å². The van der Waals surface area contributed by atoms with Crippen LogP contribution in [-0.2, 0) is 9.59 Å². The van der Waals surface area contributed by atoms with Crippen LogP contribution in [0.1, 0.15) is 24.8 Å². The van der Waals surface area contributed by atoms with Crippen molar-refractivity contribution in [1.82, 2.24) is 10.2 Å². The molecule has 0 aromatic heterocycles.